The van der Waals surface area contributed by atoms with Gasteiger partial charge in [0.05, 0.1) is 11.6 Å². The molecule has 2 aromatic heterocycles. The van der Waals surface area contributed by atoms with Crippen LogP contribution in [0.25, 0.3) is 0 Å². The molecule has 0 saturated carbocycles. The van der Waals surface area contributed by atoms with Crippen molar-refractivity contribution in [2.45, 2.75) is 12.8 Å². The second-order valence-electron chi connectivity index (χ2n) is 4.30. The zero-order valence-electron chi connectivity index (χ0n) is 11.4. The van der Waals surface area contributed by atoms with E-state index in [4.69, 9.17) is 21.6 Å². The summed E-state index contributed by atoms with van der Waals surface area (Å²) in [6.45, 7) is 1.27. The average molecular weight is 336 g/mol. The third-order valence-electron chi connectivity index (χ3n) is 2.64. The van der Waals surface area contributed by atoms with Gasteiger partial charge in [0.25, 0.3) is 0 Å². The molecule has 0 fully saturated rings. The standard InChI is InChI=1S/C14H10ClN3O3S/c1-8-7-22-13(18-8)10(4-16)11(19)6-21-14(20)9-2-3-12(15)17-5-9/h2-3,5,7,10H,6H2,1H3/t10-/m0/s1. The highest BCUT2D eigenvalue weighted by molar-refractivity contribution is 7.09. The SMILES string of the molecule is Cc1csc([C@@H](C#N)C(=O)COC(=O)c2ccc(Cl)nc2)n1. The fourth-order valence-corrected chi connectivity index (χ4v) is 2.54. The Labute approximate surface area is 135 Å². The second kappa shape index (κ2) is 7.11. The van der Waals surface area contributed by atoms with Crippen LogP contribution in [0.2, 0.25) is 5.15 Å². The molecule has 0 aliphatic rings. The van der Waals surface area contributed by atoms with Crippen molar-refractivity contribution in [3.63, 3.8) is 0 Å². The summed E-state index contributed by atoms with van der Waals surface area (Å²) in [6, 6.07) is 4.76. The smallest absolute Gasteiger partial charge is 0.340 e. The molecule has 0 aliphatic carbocycles. The van der Waals surface area contributed by atoms with E-state index < -0.39 is 24.3 Å². The fourth-order valence-electron chi connectivity index (χ4n) is 1.57. The van der Waals surface area contributed by atoms with E-state index in [1.54, 1.807) is 12.3 Å². The van der Waals surface area contributed by atoms with Gasteiger partial charge in [0.1, 0.15) is 10.2 Å². The Morgan fingerprint density at radius 3 is 2.82 bits per heavy atom. The van der Waals surface area contributed by atoms with Crippen LogP contribution in [0.15, 0.2) is 23.7 Å². The molecule has 1 atom stereocenters. The van der Waals surface area contributed by atoms with Crippen molar-refractivity contribution in [2.75, 3.05) is 6.61 Å². The lowest BCUT2D eigenvalue weighted by molar-refractivity contribution is -0.122. The van der Waals surface area contributed by atoms with E-state index >= 15 is 0 Å². The molecule has 0 saturated heterocycles. The molecule has 6 nitrogen and oxygen atoms in total. The molecule has 22 heavy (non-hydrogen) atoms. The van der Waals surface area contributed by atoms with E-state index in [9.17, 15) is 9.59 Å². The number of halogens is 1. The highest BCUT2D eigenvalue weighted by Crippen LogP contribution is 2.20. The van der Waals surface area contributed by atoms with E-state index in [0.29, 0.717) is 5.01 Å². The first-order chi connectivity index (χ1) is 10.5. The quantitative estimate of drug-likeness (QED) is 0.615. The third kappa shape index (κ3) is 3.87. The van der Waals surface area contributed by atoms with E-state index in [0.717, 1.165) is 5.69 Å². The van der Waals surface area contributed by atoms with Gasteiger partial charge in [-0.15, -0.1) is 11.3 Å². The van der Waals surface area contributed by atoms with Crippen molar-refractivity contribution in [3.8, 4) is 6.07 Å². The fraction of sp³-hybridized carbons (Fsp3) is 0.214. The lowest BCUT2D eigenvalue weighted by Gasteiger charge is -2.06. The Morgan fingerprint density at radius 1 is 1.50 bits per heavy atom. The third-order valence-corrected chi connectivity index (χ3v) is 3.89. The van der Waals surface area contributed by atoms with Crippen LogP contribution in [0, 0.1) is 18.3 Å². The van der Waals surface area contributed by atoms with Gasteiger partial charge in [0.2, 0.25) is 0 Å². The molecule has 0 unspecified atom stereocenters. The van der Waals surface area contributed by atoms with E-state index in [-0.39, 0.29) is 10.7 Å². The summed E-state index contributed by atoms with van der Waals surface area (Å²) < 4.78 is 4.90. The molecule has 0 spiro atoms. The van der Waals surface area contributed by atoms with Crippen molar-refractivity contribution < 1.29 is 14.3 Å². The number of ketones is 1. The van der Waals surface area contributed by atoms with E-state index in [2.05, 4.69) is 9.97 Å². The number of Topliss-reactive ketones (excluding diaryl/α,β-unsaturated/α-hetero) is 1. The second-order valence-corrected chi connectivity index (χ2v) is 5.58. The van der Waals surface area contributed by atoms with Crippen molar-refractivity contribution in [1.82, 2.24) is 9.97 Å². The highest BCUT2D eigenvalue weighted by Gasteiger charge is 2.24. The van der Waals surface area contributed by atoms with Gasteiger partial charge in [0.15, 0.2) is 18.3 Å². The number of carbonyl (C=O) groups is 2. The summed E-state index contributed by atoms with van der Waals surface area (Å²) in [5, 5.41) is 11.5. The molecule has 112 valence electrons. The van der Waals surface area contributed by atoms with Crippen LogP contribution in [0.3, 0.4) is 0 Å². The summed E-state index contributed by atoms with van der Waals surface area (Å²) in [4.78, 5) is 31.6. The van der Waals surface area contributed by atoms with Gasteiger partial charge >= 0.3 is 5.97 Å². The van der Waals surface area contributed by atoms with Gasteiger partial charge < -0.3 is 4.74 Å². The van der Waals surface area contributed by atoms with Crippen LogP contribution < -0.4 is 0 Å². The predicted molar refractivity (Wildman–Crippen MR) is 79.7 cm³/mol. The Balaban J connectivity index is 1.98. The van der Waals surface area contributed by atoms with Gasteiger partial charge in [0, 0.05) is 17.3 Å². The first-order valence-corrected chi connectivity index (χ1v) is 7.40. The average Bonchev–Trinajstić information content (AvgIpc) is 2.92. The molecule has 2 heterocycles. The topological polar surface area (TPSA) is 92.9 Å². The minimum Gasteiger partial charge on any atom is -0.454 e. The maximum Gasteiger partial charge on any atom is 0.340 e. The minimum atomic E-state index is -1.03. The number of esters is 1. The van der Waals surface area contributed by atoms with Crippen LogP contribution >= 0.6 is 22.9 Å². The number of carbonyl (C=O) groups excluding carboxylic acids is 2. The van der Waals surface area contributed by atoms with Gasteiger partial charge in [-0.3, -0.25) is 4.79 Å². The van der Waals surface area contributed by atoms with Crippen LogP contribution in [0.4, 0.5) is 0 Å². The molecule has 8 heteroatoms. The molecule has 0 bridgehead atoms. The number of ether oxygens (including phenoxy) is 1. The maximum atomic E-state index is 12.0. The predicted octanol–water partition coefficient (Wildman–Crippen LogP) is 2.53. The van der Waals surface area contributed by atoms with E-state index in [1.807, 2.05) is 6.07 Å². The molecule has 0 radical (unpaired) electrons. The molecular weight excluding hydrogens is 326 g/mol. The summed E-state index contributed by atoms with van der Waals surface area (Å²) in [5.41, 5.74) is 0.910. The highest BCUT2D eigenvalue weighted by atomic mass is 35.5. The van der Waals surface area contributed by atoms with Crippen molar-refractivity contribution >= 4 is 34.7 Å². The number of nitrogens with zero attached hydrogens (tertiary/aromatic N) is 3. The molecule has 0 N–H and O–H groups in total. The number of nitriles is 1. The number of rotatable bonds is 5. The Bertz CT molecular complexity index is 737. The first-order valence-electron chi connectivity index (χ1n) is 6.14. The molecule has 0 aliphatic heterocycles. The van der Waals surface area contributed by atoms with Crippen molar-refractivity contribution in [3.05, 3.63) is 45.1 Å². The molecular formula is C14H10ClN3O3S. The van der Waals surface area contributed by atoms with Gasteiger partial charge in [-0.25, -0.2) is 14.8 Å². The van der Waals surface area contributed by atoms with Crippen LogP contribution in [-0.2, 0) is 9.53 Å². The van der Waals surface area contributed by atoms with Crippen LogP contribution in [0.1, 0.15) is 27.0 Å². The Morgan fingerprint density at radius 2 is 2.27 bits per heavy atom. The molecule has 2 rings (SSSR count). The number of thiazole rings is 1. The van der Waals surface area contributed by atoms with Crippen molar-refractivity contribution in [1.29, 1.82) is 5.26 Å². The zero-order valence-corrected chi connectivity index (χ0v) is 13.0. The van der Waals surface area contributed by atoms with Crippen LogP contribution in [0.5, 0.6) is 0 Å². The lowest BCUT2D eigenvalue weighted by atomic mass is 10.1. The first kappa shape index (κ1) is 16.1. The zero-order chi connectivity index (χ0) is 16.1. The van der Waals surface area contributed by atoms with Gasteiger partial charge in [-0.1, -0.05) is 11.6 Å². The van der Waals surface area contributed by atoms with Gasteiger partial charge in [-0.05, 0) is 19.1 Å². The van der Waals surface area contributed by atoms with Crippen LogP contribution in [-0.4, -0.2) is 28.3 Å². The lowest BCUT2D eigenvalue weighted by Crippen LogP contribution is -2.20. The van der Waals surface area contributed by atoms with Crippen molar-refractivity contribution in [2.24, 2.45) is 0 Å². The largest absolute Gasteiger partial charge is 0.454 e. The number of aromatic nitrogens is 2. The maximum absolute atomic E-state index is 12.0. The number of pyridine rings is 1. The Kier molecular flexibility index (Phi) is 5.20. The minimum absolute atomic E-state index is 0.177. The molecule has 0 aromatic carbocycles. The Hall–Kier alpha value is -2.30. The number of hydrogen-bond donors (Lipinski definition) is 0. The number of hydrogen-bond acceptors (Lipinski definition) is 7. The summed E-state index contributed by atoms with van der Waals surface area (Å²) in [6.07, 6.45) is 1.25. The van der Waals surface area contributed by atoms with Gasteiger partial charge in [-0.2, -0.15) is 5.26 Å². The normalized spacial score (nSPS) is 11.5. The van der Waals surface area contributed by atoms with E-state index in [1.165, 1.54) is 29.7 Å². The number of aryl methyl sites for hydroxylation is 1. The summed E-state index contributed by atoms with van der Waals surface area (Å²) >= 11 is 6.84. The monoisotopic (exact) mass is 335 g/mol. The summed E-state index contributed by atoms with van der Waals surface area (Å²) in [7, 11) is 0. The molecule has 0 amide bonds. The molecule has 2 aromatic rings. The summed E-state index contributed by atoms with van der Waals surface area (Å²) in [5.74, 6) is -2.26.